The van der Waals surface area contributed by atoms with Gasteiger partial charge < -0.3 is 21.7 Å². The molecule has 2 heterocycles. The lowest BCUT2D eigenvalue weighted by Crippen LogP contribution is -2.56. The molecule has 0 spiro atoms. The summed E-state index contributed by atoms with van der Waals surface area (Å²) >= 11 is 0. The van der Waals surface area contributed by atoms with Crippen LogP contribution in [0.5, 0.6) is 0 Å². The lowest BCUT2D eigenvalue weighted by molar-refractivity contribution is -0.133. The number of benzene rings is 2. The molecule has 2 aliphatic heterocycles. The van der Waals surface area contributed by atoms with E-state index in [0.29, 0.717) is 54.4 Å². The van der Waals surface area contributed by atoms with E-state index in [1.807, 2.05) is 13.8 Å². The first-order chi connectivity index (χ1) is 30.8. The topological polar surface area (TPSA) is 205 Å². The Morgan fingerprint density at radius 3 is 1.28 bits per heavy atom. The second kappa shape index (κ2) is 27.0. The highest BCUT2D eigenvalue weighted by molar-refractivity contribution is 6.22. The zero-order chi connectivity index (χ0) is 46.4. The molecule has 8 amide bonds. The van der Waals surface area contributed by atoms with E-state index >= 15 is 0 Å². The van der Waals surface area contributed by atoms with Gasteiger partial charge in [-0.3, -0.25) is 48.2 Å². The number of hydrogen-bond acceptors (Lipinski definition) is 8. The number of carbonyl (C=O) groups excluding carboxylic acids is 8. The smallest absolute Gasteiger partial charge is 0.261 e. The predicted molar refractivity (Wildman–Crippen MR) is 246 cm³/mol. The highest BCUT2D eigenvalue weighted by Crippen LogP contribution is 2.24. The molecule has 3 atom stereocenters. The van der Waals surface area contributed by atoms with E-state index in [1.165, 1.54) is 67.6 Å². The lowest BCUT2D eigenvalue weighted by Gasteiger charge is -2.26. The summed E-state index contributed by atoms with van der Waals surface area (Å²) in [6, 6.07) is 10.2. The van der Waals surface area contributed by atoms with Crippen LogP contribution < -0.4 is 21.7 Å². The third kappa shape index (κ3) is 15.7. The number of unbranched alkanes of at least 4 members (excludes halogenated alkanes) is 14. The molecule has 0 radical (unpaired) electrons. The molecule has 0 aromatic heterocycles. The van der Waals surface area contributed by atoms with Crippen LogP contribution in [0.1, 0.15) is 197 Å². The summed E-state index contributed by atoms with van der Waals surface area (Å²) in [6.45, 7) is 6.31. The first-order valence-corrected chi connectivity index (χ1v) is 23.9. The molecule has 350 valence electrons. The van der Waals surface area contributed by atoms with Gasteiger partial charge in [0.2, 0.25) is 23.6 Å². The highest BCUT2D eigenvalue weighted by Gasteiger charge is 2.36. The van der Waals surface area contributed by atoms with Crippen LogP contribution >= 0.6 is 0 Å². The second-order valence-electron chi connectivity index (χ2n) is 17.9. The predicted octanol–water partition coefficient (Wildman–Crippen LogP) is 7.39. The maximum absolute atomic E-state index is 14.0. The maximum Gasteiger partial charge on any atom is 0.261 e. The van der Waals surface area contributed by atoms with E-state index < -0.39 is 35.8 Å². The van der Waals surface area contributed by atoms with Gasteiger partial charge in [-0.25, -0.2) is 0 Å². The number of nitrogens with one attached hydrogen (secondary N) is 3. The highest BCUT2D eigenvalue weighted by atomic mass is 16.2. The van der Waals surface area contributed by atoms with Crippen molar-refractivity contribution in [2.75, 3.05) is 13.1 Å². The molecular weight excluding hydrogens is 813 g/mol. The summed E-state index contributed by atoms with van der Waals surface area (Å²) in [5.74, 6) is -3.70. The monoisotopic (exact) mass is 885 g/mol. The average molecular weight is 885 g/mol. The summed E-state index contributed by atoms with van der Waals surface area (Å²) in [5, 5.41) is 8.42. The van der Waals surface area contributed by atoms with Crippen molar-refractivity contribution in [2.45, 2.75) is 174 Å². The Bertz CT molecular complexity index is 1850. The molecule has 2 aliphatic rings. The van der Waals surface area contributed by atoms with Gasteiger partial charge in [0.1, 0.15) is 18.1 Å². The van der Waals surface area contributed by atoms with Crippen LogP contribution in [0.25, 0.3) is 0 Å². The zero-order valence-electron chi connectivity index (χ0n) is 38.4. The third-order valence-electron chi connectivity index (χ3n) is 12.2. The fourth-order valence-electron chi connectivity index (χ4n) is 8.49. The van der Waals surface area contributed by atoms with Crippen LogP contribution in [0.3, 0.4) is 0 Å². The Hall–Kier alpha value is -5.40. The van der Waals surface area contributed by atoms with E-state index in [1.54, 1.807) is 48.5 Å². The molecule has 0 fully saturated rings. The maximum atomic E-state index is 14.0. The van der Waals surface area contributed by atoms with Crippen LogP contribution in [0, 0.1) is 5.92 Å². The fraction of sp³-hybridized carbons (Fsp3) is 0.600. The van der Waals surface area contributed by atoms with E-state index in [9.17, 15) is 38.4 Å². The van der Waals surface area contributed by atoms with Gasteiger partial charge in [-0.15, -0.1) is 0 Å². The van der Waals surface area contributed by atoms with Crippen LogP contribution in [-0.2, 0) is 19.2 Å². The zero-order valence-corrected chi connectivity index (χ0v) is 38.4. The second-order valence-corrected chi connectivity index (χ2v) is 17.9. The summed E-state index contributed by atoms with van der Waals surface area (Å²) < 4.78 is 0. The minimum absolute atomic E-state index is 0.0361. The third-order valence-corrected chi connectivity index (χ3v) is 12.2. The number of carbonyl (C=O) groups is 8. The molecule has 14 nitrogen and oxygen atoms in total. The summed E-state index contributed by atoms with van der Waals surface area (Å²) in [5.41, 5.74) is 7.13. The quantitative estimate of drug-likeness (QED) is 0.0430. The van der Waals surface area contributed by atoms with Gasteiger partial charge >= 0.3 is 0 Å². The van der Waals surface area contributed by atoms with Gasteiger partial charge in [0.05, 0.1) is 22.3 Å². The Morgan fingerprint density at radius 2 is 0.875 bits per heavy atom. The summed E-state index contributed by atoms with van der Waals surface area (Å²) in [7, 11) is 0. The summed E-state index contributed by atoms with van der Waals surface area (Å²) in [4.78, 5) is 107. The lowest BCUT2D eigenvalue weighted by atomic mass is 10.0. The number of nitrogens with two attached hydrogens (primary N) is 1. The van der Waals surface area contributed by atoms with Crippen LogP contribution in [0.15, 0.2) is 48.5 Å². The number of hydrogen-bond donors (Lipinski definition) is 4. The molecule has 1 unspecified atom stereocenters. The van der Waals surface area contributed by atoms with Crippen molar-refractivity contribution in [1.29, 1.82) is 0 Å². The number of amides is 8. The van der Waals surface area contributed by atoms with Crippen molar-refractivity contribution in [3.05, 3.63) is 70.8 Å². The molecular formula is C50H72N6O8. The molecule has 64 heavy (non-hydrogen) atoms. The minimum Gasteiger partial charge on any atom is -0.368 e. The Balaban J connectivity index is 1.29. The largest absolute Gasteiger partial charge is 0.368 e. The average Bonchev–Trinajstić information content (AvgIpc) is 3.66. The molecule has 4 rings (SSSR count). The van der Waals surface area contributed by atoms with Gasteiger partial charge in [-0.1, -0.05) is 122 Å². The number of nitrogens with zero attached hydrogens (tertiary/aromatic N) is 2. The van der Waals surface area contributed by atoms with Gasteiger partial charge in [-0.2, -0.15) is 0 Å². The van der Waals surface area contributed by atoms with Crippen molar-refractivity contribution >= 4 is 47.3 Å². The molecule has 0 saturated heterocycles. The first kappa shape index (κ1) is 51.2. The van der Waals surface area contributed by atoms with Crippen molar-refractivity contribution in [2.24, 2.45) is 11.7 Å². The van der Waals surface area contributed by atoms with E-state index in [-0.39, 0.29) is 74.2 Å². The standard InChI is InChI=1S/C50H72N6O8/c1-4-5-6-7-8-9-10-11-12-13-14-15-16-31-43(57)52-41(30-22-24-33-56-49(63)38-27-19-20-28-39(38)50(56)64)45(59)54-42(34-35(2)3)46(60)53-40(44(51)58)29-21-23-32-55-47(61)36-25-17-18-26-37(36)48(55)62/h17-20,25-28,35,40-42H,4-16,21-24,29-34H2,1-3H3,(H2,51,58)(H,52,57)(H,53,60)(H,54,59)/t40-,41+,42?/m1/s1. The SMILES string of the molecule is CCCCCCCCCCCCCCCC(=O)N[C@@H](CCCCN1C(=O)c2ccccc2C1=O)C(=O)NC(CC(C)C)C(=O)N[C@H](CCCCN1C(=O)c2ccccc2C1=O)C(N)=O. The van der Waals surface area contributed by atoms with Crippen molar-refractivity contribution in [3.63, 3.8) is 0 Å². The Kier molecular flexibility index (Phi) is 21.7. The number of rotatable bonds is 32. The van der Waals surface area contributed by atoms with E-state index in [0.717, 1.165) is 19.3 Å². The van der Waals surface area contributed by atoms with E-state index in [4.69, 9.17) is 5.73 Å². The van der Waals surface area contributed by atoms with Crippen LogP contribution in [0.4, 0.5) is 0 Å². The summed E-state index contributed by atoms with van der Waals surface area (Å²) in [6.07, 6.45) is 17.7. The molecule has 5 N–H and O–H groups in total. The number of imide groups is 2. The number of fused-ring (bicyclic) bond motifs is 2. The van der Waals surface area contributed by atoms with Gasteiger partial charge in [0.25, 0.3) is 23.6 Å². The molecule has 14 heteroatoms. The van der Waals surface area contributed by atoms with Gasteiger partial charge in [0.15, 0.2) is 0 Å². The van der Waals surface area contributed by atoms with E-state index in [2.05, 4.69) is 22.9 Å². The Morgan fingerprint density at radius 1 is 0.500 bits per heavy atom. The Labute approximate surface area is 379 Å². The van der Waals surface area contributed by atoms with Gasteiger partial charge in [-0.05, 0) is 81.5 Å². The van der Waals surface area contributed by atoms with Crippen LogP contribution in [0.2, 0.25) is 0 Å². The molecule has 2 aromatic carbocycles. The normalized spacial score (nSPS) is 14.7. The van der Waals surface area contributed by atoms with Crippen molar-refractivity contribution < 1.29 is 38.4 Å². The van der Waals surface area contributed by atoms with Crippen molar-refractivity contribution in [1.82, 2.24) is 25.8 Å². The fourth-order valence-corrected chi connectivity index (χ4v) is 8.49. The van der Waals surface area contributed by atoms with Crippen LogP contribution in [-0.4, -0.2) is 88.3 Å². The minimum atomic E-state index is -1.07. The molecule has 0 saturated carbocycles. The van der Waals surface area contributed by atoms with Crippen molar-refractivity contribution in [3.8, 4) is 0 Å². The molecule has 0 aliphatic carbocycles. The number of primary amides is 1. The van der Waals surface area contributed by atoms with Gasteiger partial charge in [0, 0.05) is 19.5 Å². The molecule has 2 aromatic rings. The first-order valence-electron chi connectivity index (χ1n) is 23.9. The molecule has 0 bridgehead atoms.